The van der Waals surface area contributed by atoms with Crippen molar-refractivity contribution >= 4 is 81.3 Å². The summed E-state index contributed by atoms with van der Waals surface area (Å²) in [5.41, 5.74) is 20.1. The summed E-state index contributed by atoms with van der Waals surface area (Å²) in [7, 11) is 1.59. The molecular weight excluding hydrogens is 662 g/mol. The number of aliphatic carboxylic acids is 2. The summed E-state index contributed by atoms with van der Waals surface area (Å²) in [6.07, 6.45) is 1.48. The molecule has 2 aromatic heterocycles. The Morgan fingerprint density at radius 2 is 1.98 bits per heavy atom. The number of hydrogen-bond donors (Lipinski definition) is 7. The van der Waals surface area contributed by atoms with Crippen LogP contribution in [0.5, 0.6) is 0 Å². The number of hydrogen-bond acceptors (Lipinski definition) is 15. The number of β-lactam (4-membered cyclic amide) rings is 1. The monoisotopic (exact) mass is 693 g/mol. The maximum Gasteiger partial charge on any atom is 0.350 e. The zero-order valence-corrected chi connectivity index (χ0v) is 26.8. The Morgan fingerprint density at radius 3 is 2.57 bits per heavy atom. The highest BCUT2D eigenvalue weighted by molar-refractivity contribution is 8.00. The Morgan fingerprint density at radius 1 is 1.28 bits per heavy atom. The summed E-state index contributed by atoms with van der Waals surface area (Å²) in [6, 6.07) is -1.20. The van der Waals surface area contributed by atoms with Crippen LogP contribution in [0.3, 0.4) is 0 Å². The van der Waals surface area contributed by atoms with Crippen molar-refractivity contribution in [1.82, 2.24) is 24.3 Å². The molecule has 2 aliphatic heterocycles. The Hall–Kier alpha value is -5.45. The summed E-state index contributed by atoms with van der Waals surface area (Å²) in [5, 5.41) is 29.5. The van der Waals surface area contributed by atoms with Gasteiger partial charge < -0.3 is 53.4 Å². The number of nitrogens with one attached hydrogen (secondary N) is 2. The second-order valence-corrected chi connectivity index (χ2v) is 12.4. The summed E-state index contributed by atoms with van der Waals surface area (Å²) in [6.45, 7) is 2.42. The van der Waals surface area contributed by atoms with Gasteiger partial charge in [0.15, 0.2) is 29.1 Å². The van der Waals surface area contributed by atoms with Gasteiger partial charge in [0.25, 0.3) is 11.8 Å². The number of nitrogens with zero attached hydrogens (tertiary/aromatic N) is 7. The van der Waals surface area contributed by atoms with E-state index in [4.69, 9.17) is 27.8 Å². The summed E-state index contributed by atoms with van der Waals surface area (Å²) in [5.74, 6) is -5.29. The normalized spacial score (nSPS) is 17.8. The van der Waals surface area contributed by atoms with Crippen LogP contribution in [0.25, 0.3) is 0 Å². The van der Waals surface area contributed by atoms with Gasteiger partial charge in [-0.1, -0.05) is 5.16 Å². The molecule has 21 nitrogen and oxygen atoms in total. The molecule has 0 unspecified atom stereocenters. The first-order chi connectivity index (χ1) is 22.0. The van der Waals surface area contributed by atoms with E-state index in [0.717, 1.165) is 16.4 Å². The van der Waals surface area contributed by atoms with Gasteiger partial charge in [-0.15, -0.1) is 21.1 Å². The number of carbonyl (C=O) groups is 5. The van der Waals surface area contributed by atoms with Crippen LogP contribution in [-0.4, -0.2) is 94.7 Å². The lowest BCUT2D eigenvalue weighted by Crippen LogP contribution is -2.71. The number of nitrogen functional groups attached to an aromatic ring is 2. The molecule has 0 aliphatic carbocycles. The van der Waals surface area contributed by atoms with Crippen molar-refractivity contribution < 1.29 is 43.7 Å². The van der Waals surface area contributed by atoms with E-state index < -0.39 is 52.4 Å². The highest BCUT2D eigenvalue weighted by Crippen LogP contribution is 2.40. The van der Waals surface area contributed by atoms with Crippen molar-refractivity contribution in [2.75, 3.05) is 29.1 Å². The average Bonchev–Trinajstić information content (AvgIpc) is 3.53. The molecule has 2 atom stereocenters. The SMILES string of the molecule is Cn1c(N)c(NC(=O)CCN=C(N)N)c[n+]1CC1=C(C(=O)[O-])N2C(=O)[C@@H](NC(=O)/C(=N/OC(C)(C)C(=O)O)c3nsc(N)n3)[C@H]2SC1. The van der Waals surface area contributed by atoms with E-state index in [1.807, 2.05) is 0 Å². The van der Waals surface area contributed by atoms with Gasteiger partial charge in [-0.3, -0.25) is 24.3 Å². The van der Waals surface area contributed by atoms with Crippen molar-refractivity contribution in [1.29, 1.82) is 0 Å². The molecular formula is C24H31N13O8S2. The number of thioether (sulfide) groups is 1. The van der Waals surface area contributed by atoms with Crippen LogP contribution in [0.15, 0.2) is 27.6 Å². The Balaban J connectivity index is 1.52. The van der Waals surface area contributed by atoms with E-state index in [9.17, 15) is 34.2 Å². The van der Waals surface area contributed by atoms with Gasteiger partial charge in [-0.2, -0.15) is 9.36 Å². The fraction of sp³-hybridized carbons (Fsp3) is 0.417. The molecule has 0 bridgehead atoms. The maximum atomic E-state index is 13.3. The summed E-state index contributed by atoms with van der Waals surface area (Å²) >= 11 is 1.92. The van der Waals surface area contributed by atoms with Gasteiger partial charge in [-0.05, 0) is 13.8 Å². The number of carboxylic acids is 2. The molecule has 0 aromatic carbocycles. The minimum Gasteiger partial charge on any atom is -0.543 e. The lowest BCUT2D eigenvalue weighted by atomic mass is 10.0. The number of guanidine groups is 1. The third kappa shape index (κ3) is 7.35. The van der Waals surface area contributed by atoms with Crippen molar-refractivity contribution in [3.05, 3.63) is 23.3 Å². The second-order valence-electron chi connectivity index (χ2n) is 10.6. The molecule has 47 heavy (non-hydrogen) atoms. The number of amides is 3. The van der Waals surface area contributed by atoms with Crippen LogP contribution in [-0.2, 0) is 42.4 Å². The molecule has 2 aliphatic rings. The first-order valence-electron chi connectivity index (χ1n) is 13.5. The molecule has 2 aromatic rings. The molecule has 0 spiro atoms. The van der Waals surface area contributed by atoms with Crippen molar-refractivity contribution in [2.24, 2.45) is 28.7 Å². The number of fused-ring (bicyclic) bond motifs is 1. The highest BCUT2D eigenvalue weighted by Gasteiger charge is 2.53. The summed E-state index contributed by atoms with van der Waals surface area (Å²) < 4.78 is 6.93. The Labute approximate surface area is 273 Å². The van der Waals surface area contributed by atoms with Crippen LogP contribution in [0.2, 0.25) is 0 Å². The van der Waals surface area contributed by atoms with Crippen LogP contribution in [0.1, 0.15) is 26.1 Å². The summed E-state index contributed by atoms with van der Waals surface area (Å²) in [4.78, 5) is 76.3. The number of carbonyl (C=O) groups excluding carboxylic acids is 4. The fourth-order valence-electron chi connectivity index (χ4n) is 4.27. The van der Waals surface area contributed by atoms with E-state index in [0.29, 0.717) is 5.57 Å². The van der Waals surface area contributed by atoms with Gasteiger partial charge >= 0.3 is 5.97 Å². The molecule has 1 fully saturated rings. The molecule has 4 heterocycles. The predicted octanol–water partition coefficient (Wildman–Crippen LogP) is -4.38. The van der Waals surface area contributed by atoms with Gasteiger partial charge in [0.1, 0.15) is 11.4 Å². The standard InChI is InChI=1S/C24H31N13O8S2/c1-24(2,21(43)44)45-33-12(16-32-23(28)47-34-16)17(39)31-13-18(40)37-14(20(41)42)9(8-46-19(13)37)6-36-7-10(15(25)35(36)3)30-11(38)4-5-29-22(26)27/h7,13,19,25H,4-6,8H2,1-3H3,(H10,26,27,28,29,30,31,32,34,38,39,41,42,43,44)/b33-12+/t13-,19-/m1/s1. The van der Waals surface area contributed by atoms with E-state index in [1.54, 1.807) is 7.05 Å². The first kappa shape index (κ1) is 34.4. The molecule has 252 valence electrons. The highest BCUT2D eigenvalue weighted by atomic mass is 32.2. The van der Waals surface area contributed by atoms with Gasteiger partial charge in [-0.25, -0.2) is 4.79 Å². The molecule has 3 amide bonds. The third-order valence-corrected chi connectivity index (χ3v) is 8.71. The molecule has 0 saturated carbocycles. The first-order valence-corrected chi connectivity index (χ1v) is 15.3. The lowest BCUT2D eigenvalue weighted by Gasteiger charge is -2.50. The number of oxime groups is 1. The molecule has 4 rings (SSSR count). The Kier molecular flexibility index (Phi) is 9.89. The molecule has 23 heteroatoms. The second kappa shape index (κ2) is 13.5. The van der Waals surface area contributed by atoms with Crippen molar-refractivity contribution in [3.8, 4) is 0 Å². The van der Waals surface area contributed by atoms with E-state index in [2.05, 4.69) is 30.1 Å². The number of nitrogens with two attached hydrogens (primary N) is 4. The van der Waals surface area contributed by atoms with Crippen molar-refractivity contribution in [2.45, 2.75) is 43.8 Å². The third-order valence-electron chi connectivity index (χ3n) is 6.82. The van der Waals surface area contributed by atoms with E-state index >= 15 is 0 Å². The smallest absolute Gasteiger partial charge is 0.350 e. The number of rotatable bonds is 13. The fourth-order valence-corrected chi connectivity index (χ4v) is 6.04. The van der Waals surface area contributed by atoms with E-state index in [-0.39, 0.29) is 59.4 Å². The zero-order chi connectivity index (χ0) is 34.8. The molecule has 1 saturated heterocycles. The maximum absolute atomic E-state index is 13.3. The van der Waals surface area contributed by atoms with Crippen molar-refractivity contribution in [3.63, 3.8) is 0 Å². The van der Waals surface area contributed by atoms with E-state index in [1.165, 1.54) is 41.2 Å². The topological polar surface area (TPSA) is 329 Å². The Bertz CT molecular complexity index is 1730. The number of carboxylic acid groups (broad SMARTS) is 2. The average molecular weight is 694 g/mol. The van der Waals surface area contributed by atoms with Crippen LogP contribution in [0.4, 0.5) is 16.6 Å². The van der Waals surface area contributed by atoms with Gasteiger partial charge in [0.05, 0.1) is 25.3 Å². The number of aliphatic imine (C=N–C) groups is 1. The minimum absolute atomic E-state index is 0.0156. The van der Waals surface area contributed by atoms with Crippen LogP contribution < -0.4 is 43.4 Å². The number of aromatic nitrogens is 4. The molecule has 0 radical (unpaired) electrons. The minimum atomic E-state index is -1.83. The van der Waals surface area contributed by atoms with Gasteiger partial charge in [0, 0.05) is 29.3 Å². The van der Waals surface area contributed by atoms with Gasteiger partial charge in [0.2, 0.25) is 29.2 Å². The quantitative estimate of drug-likeness (QED) is 0.0342. The number of anilines is 3. The lowest BCUT2D eigenvalue weighted by molar-refractivity contribution is -0.765. The van der Waals surface area contributed by atoms with Crippen LogP contribution >= 0.6 is 23.3 Å². The predicted molar refractivity (Wildman–Crippen MR) is 165 cm³/mol. The zero-order valence-electron chi connectivity index (χ0n) is 25.1. The van der Waals surface area contributed by atoms with Crippen LogP contribution in [0, 0.1) is 0 Å². The largest absolute Gasteiger partial charge is 0.543 e. The molecule has 11 N–H and O–H groups in total.